The minimum Gasteiger partial charge on any atom is -0.444 e. The molecule has 2 aromatic rings. The first-order chi connectivity index (χ1) is 14.0. The fourth-order valence-electron chi connectivity index (χ4n) is 3.36. The van der Waals surface area contributed by atoms with Crippen LogP contribution in [0.4, 0.5) is 9.18 Å². The Hall–Kier alpha value is -2.91. The van der Waals surface area contributed by atoms with Crippen LogP contribution in [0, 0.1) is 24.1 Å². The summed E-state index contributed by atoms with van der Waals surface area (Å²) in [6.07, 6.45) is 0.365. The lowest BCUT2D eigenvalue weighted by Gasteiger charge is -2.32. The van der Waals surface area contributed by atoms with Gasteiger partial charge in [0.05, 0.1) is 11.6 Å². The summed E-state index contributed by atoms with van der Waals surface area (Å²) in [5, 5.41) is 20.8. The van der Waals surface area contributed by atoms with E-state index < -0.39 is 17.3 Å². The van der Waals surface area contributed by atoms with E-state index in [9.17, 15) is 14.3 Å². The van der Waals surface area contributed by atoms with Crippen molar-refractivity contribution in [2.24, 2.45) is 0 Å². The van der Waals surface area contributed by atoms with E-state index >= 15 is 0 Å². The van der Waals surface area contributed by atoms with E-state index in [4.69, 9.17) is 10.00 Å². The Balaban J connectivity index is 2.26. The summed E-state index contributed by atoms with van der Waals surface area (Å²) >= 11 is 0. The molecule has 1 atom stereocenters. The molecule has 0 radical (unpaired) electrons. The lowest BCUT2D eigenvalue weighted by atomic mass is 9.80. The number of halogens is 1. The Morgan fingerprint density at radius 2 is 1.83 bits per heavy atom. The SMILES string of the molecule is Cc1cc(C#N)ccc1C(O)(CCCN(C)C(=O)OC(C)(C)C)c1ccc(F)cc1. The van der Waals surface area contributed by atoms with Crippen LogP contribution in [-0.2, 0) is 10.3 Å². The maximum Gasteiger partial charge on any atom is 0.410 e. The molecule has 2 aromatic carbocycles. The van der Waals surface area contributed by atoms with Crippen LogP contribution in [0.3, 0.4) is 0 Å². The number of nitriles is 1. The monoisotopic (exact) mass is 412 g/mol. The molecule has 1 N–H and O–H groups in total. The molecule has 0 saturated carbocycles. The van der Waals surface area contributed by atoms with Gasteiger partial charge in [0.2, 0.25) is 0 Å². The summed E-state index contributed by atoms with van der Waals surface area (Å²) in [7, 11) is 1.65. The third-order valence-corrected chi connectivity index (χ3v) is 4.86. The van der Waals surface area contributed by atoms with Crippen LogP contribution < -0.4 is 0 Å². The van der Waals surface area contributed by atoms with Crippen LogP contribution in [-0.4, -0.2) is 35.3 Å². The molecule has 0 aromatic heterocycles. The number of aliphatic hydroxyl groups is 1. The Morgan fingerprint density at radius 1 is 1.20 bits per heavy atom. The minimum atomic E-state index is -1.39. The van der Waals surface area contributed by atoms with Crippen molar-refractivity contribution in [2.75, 3.05) is 13.6 Å². The number of hydrogen-bond acceptors (Lipinski definition) is 4. The average Bonchev–Trinajstić information content (AvgIpc) is 2.66. The second-order valence-electron chi connectivity index (χ2n) is 8.51. The molecule has 30 heavy (non-hydrogen) atoms. The highest BCUT2D eigenvalue weighted by molar-refractivity contribution is 5.67. The average molecular weight is 413 g/mol. The lowest BCUT2D eigenvalue weighted by Crippen LogP contribution is -2.36. The third kappa shape index (κ3) is 5.80. The van der Waals surface area contributed by atoms with Gasteiger partial charge in [0.25, 0.3) is 0 Å². The fourth-order valence-corrected chi connectivity index (χ4v) is 3.36. The van der Waals surface area contributed by atoms with E-state index in [2.05, 4.69) is 6.07 Å². The first kappa shape index (κ1) is 23.4. The predicted molar refractivity (Wildman–Crippen MR) is 113 cm³/mol. The van der Waals surface area contributed by atoms with E-state index in [-0.39, 0.29) is 5.82 Å². The normalized spacial score (nSPS) is 13.3. The van der Waals surface area contributed by atoms with Crippen molar-refractivity contribution < 1.29 is 19.0 Å². The van der Waals surface area contributed by atoms with Crippen molar-refractivity contribution in [3.05, 3.63) is 70.5 Å². The van der Waals surface area contributed by atoms with Gasteiger partial charge < -0.3 is 14.7 Å². The van der Waals surface area contributed by atoms with Crippen LogP contribution in [0.15, 0.2) is 42.5 Å². The fraction of sp³-hybridized carbons (Fsp3) is 0.417. The number of rotatable bonds is 6. The molecule has 0 aliphatic heterocycles. The van der Waals surface area contributed by atoms with Gasteiger partial charge in [-0.05, 0) is 81.5 Å². The highest BCUT2D eigenvalue weighted by Crippen LogP contribution is 2.36. The number of hydrogen-bond donors (Lipinski definition) is 1. The molecule has 1 unspecified atom stereocenters. The van der Waals surface area contributed by atoms with Gasteiger partial charge in [-0.15, -0.1) is 0 Å². The Morgan fingerprint density at radius 3 is 2.37 bits per heavy atom. The van der Waals surface area contributed by atoms with Gasteiger partial charge in [-0.3, -0.25) is 0 Å². The molecule has 0 aliphatic rings. The second-order valence-corrected chi connectivity index (χ2v) is 8.51. The molecule has 160 valence electrons. The second kappa shape index (κ2) is 9.27. The largest absolute Gasteiger partial charge is 0.444 e. The molecule has 0 heterocycles. The van der Waals surface area contributed by atoms with Crippen LogP contribution in [0.1, 0.15) is 55.9 Å². The Kier molecular flexibility index (Phi) is 7.22. The van der Waals surface area contributed by atoms with E-state index in [0.29, 0.717) is 36.1 Å². The Labute approximate surface area is 177 Å². The van der Waals surface area contributed by atoms with Crippen molar-refractivity contribution in [1.82, 2.24) is 4.90 Å². The van der Waals surface area contributed by atoms with Gasteiger partial charge in [-0.25, -0.2) is 9.18 Å². The number of carbonyl (C=O) groups excluding carboxylic acids is 1. The van der Waals surface area contributed by atoms with Crippen LogP contribution in [0.25, 0.3) is 0 Å². The summed E-state index contributed by atoms with van der Waals surface area (Å²) in [6, 6.07) is 12.9. The van der Waals surface area contributed by atoms with E-state index in [1.807, 2.05) is 6.92 Å². The maximum atomic E-state index is 13.5. The number of carbonyl (C=O) groups is 1. The zero-order valence-corrected chi connectivity index (χ0v) is 18.2. The molecule has 1 amide bonds. The molecule has 5 nitrogen and oxygen atoms in total. The van der Waals surface area contributed by atoms with Crippen molar-refractivity contribution in [3.63, 3.8) is 0 Å². The van der Waals surface area contributed by atoms with Crippen molar-refractivity contribution >= 4 is 6.09 Å². The number of aryl methyl sites for hydroxylation is 1. The summed E-state index contributed by atoms with van der Waals surface area (Å²) in [5.41, 5.74) is 0.494. The molecule has 2 rings (SSSR count). The zero-order valence-electron chi connectivity index (χ0n) is 18.2. The van der Waals surface area contributed by atoms with Crippen LogP contribution in [0.2, 0.25) is 0 Å². The summed E-state index contributed by atoms with van der Waals surface area (Å²) in [5.74, 6) is -0.387. The first-order valence-corrected chi connectivity index (χ1v) is 9.90. The van der Waals surface area contributed by atoms with E-state index in [1.165, 1.54) is 17.0 Å². The topological polar surface area (TPSA) is 73.6 Å². The van der Waals surface area contributed by atoms with Crippen LogP contribution >= 0.6 is 0 Å². The standard InChI is InChI=1S/C24H29FN2O3/c1-17-15-18(16-26)7-12-21(17)24(29,19-8-10-20(25)11-9-19)13-6-14-27(5)22(28)30-23(2,3)4/h7-12,15,29H,6,13-14H2,1-5H3. The van der Waals surface area contributed by atoms with Crippen LogP contribution in [0.5, 0.6) is 0 Å². The summed E-state index contributed by atoms with van der Waals surface area (Å²) in [4.78, 5) is 13.7. The molecular formula is C24H29FN2O3. The molecule has 0 aliphatic carbocycles. The van der Waals surface area contributed by atoms with Gasteiger partial charge >= 0.3 is 6.09 Å². The number of amides is 1. The van der Waals surface area contributed by atoms with Crippen molar-refractivity contribution in [3.8, 4) is 6.07 Å². The molecule has 0 saturated heterocycles. The summed E-state index contributed by atoms with van der Waals surface area (Å²) in [6.45, 7) is 7.63. The van der Waals surface area contributed by atoms with Gasteiger partial charge in [-0.2, -0.15) is 5.26 Å². The predicted octanol–water partition coefficient (Wildman–Crippen LogP) is 4.89. The molecule has 0 fully saturated rings. The third-order valence-electron chi connectivity index (χ3n) is 4.86. The molecule has 0 bridgehead atoms. The zero-order chi connectivity index (χ0) is 22.5. The minimum absolute atomic E-state index is 0.304. The first-order valence-electron chi connectivity index (χ1n) is 9.90. The van der Waals surface area contributed by atoms with Crippen molar-refractivity contribution in [2.45, 2.75) is 51.7 Å². The number of ether oxygens (including phenoxy) is 1. The van der Waals surface area contributed by atoms with Gasteiger partial charge in [-0.1, -0.05) is 18.2 Å². The van der Waals surface area contributed by atoms with E-state index in [0.717, 1.165) is 5.56 Å². The lowest BCUT2D eigenvalue weighted by molar-refractivity contribution is 0.0263. The molecule has 6 heteroatoms. The Bertz CT molecular complexity index is 929. The maximum absolute atomic E-state index is 13.5. The highest BCUT2D eigenvalue weighted by atomic mass is 19.1. The van der Waals surface area contributed by atoms with E-state index in [1.54, 1.807) is 58.2 Å². The highest BCUT2D eigenvalue weighted by Gasteiger charge is 2.33. The quantitative estimate of drug-likeness (QED) is 0.733. The number of nitrogens with zero attached hydrogens (tertiary/aromatic N) is 2. The molecular weight excluding hydrogens is 383 g/mol. The molecule has 0 spiro atoms. The van der Waals surface area contributed by atoms with Gasteiger partial charge in [0.15, 0.2) is 0 Å². The van der Waals surface area contributed by atoms with Gasteiger partial charge in [0.1, 0.15) is 17.0 Å². The smallest absolute Gasteiger partial charge is 0.410 e. The summed E-state index contributed by atoms with van der Waals surface area (Å²) < 4.78 is 18.8. The van der Waals surface area contributed by atoms with Gasteiger partial charge in [0, 0.05) is 13.6 Å². The number of benzene rings is 2. The van der Waals surface area contributed by atoms with Crippen molar-refractivity contribution in [1.29, 1.82) is 5.26 Å².